The molecule has 5 nitrogen and oxygen atoms in total. The molecule has 84 valence electrons. The normalized spacial score (nSPS) is 10.6. The van der Waals surface area contributed by atoms with E-state index in [1.165, 1.54) is 12.6 Å². The van der Waals surface area contributed by atoms with Gasteiger partial charge in [-0.2, -0.15) is 0 Å². The summed E-state index contributed by atoms with van der Waals surface area (Å²) in [6.07, 6.45) is 2.86. The topological polar surface area (TPSA) is 65.0 Å². The molecule has 0 fully saturated rings. The first-order valence-electron chi connectivity index (χ1n) is 5.12. The SMILES string of the molecule is Cc1cccc(-c2nnc(-c3cnco3)o2)c1. The molecule has 3 aromatic rings. The van der Waals surface area contributed by atoms with Gasteiger partial charge in [-0.15, -0.1) is 10.2 Å². The molecule has 0 saturated carbocycles. The highest BCUT2D eigenvalue weighted by atomic mass is 16.4. The van der Waals surface area contributed by atoms with Crippen LogP contribution in [0.1, 0.15) is 5.56 Å². The molecular formula is C12H9N3O2. The first-order valence-corrected chi connectivity index (χ1v) is 5.12. The lowest BCUT2D eigenvalue weighted by Gasteiger charge is -1.95. The number of aromatic nitrogens is 3. The van der Waals surface area contributed by atoms with E-state index < -0.39 is 0 Å². The Morgan fingerprint density at radius 1 is 1.12 bits per heavy atom. The van der Waals surface area contributed by atoms with E-state index in [1.54, 1.807) is 0 Å². The van der Waals surface area contributed by atoms with Gasteiger partial charge in [-0.05, 0) is 19.1 Å². The van der Waals surface area contributed by atoms with Gasteiger partial charge in [0.25, 0.3) is 5.89 Å². The quantitative estimate of drug-likeness (QED) is 0.673. The Morgan fingerprint density at radius 3 is 2.76 bits per heavy atom. The first kappa shape index (κ1) is 9.77. The minimum Gasteiger partial charge on any atom is -0.438 e. The molecular weight excluding hydrogens is 218 g/mol. The summed E-state index contributed by atoms with van der Waals surface area (Å²) in [4.78, 5) is 3.80. The standard InChI is InChI=1S/C12H9N3O2/c1-8-3-2-4-9(5-8)11-14-15-12(17-11)10-6-13-7-16-10/h2-7H,1H3. The third-order valence-corrected chi connectivity index (χ3v) is 2.33. The third-order valence-electron chi connectivity index (χ3n) is 2.33. The number of aryl methyl sites for hydroxylation is 1. The van der Waals surface area contributed by atoms with Crippen LogP contribution in [-0.2, 0) is 0 Å². The summed E-state index contributed by atoms with van der Waals surface area (Å²) in [5.74, 6) is 1.27. The Kier molecular flexibility index (Phi) is 2.22. The highest BCUT2D eigenvalue weighted by Gasteiger charge is 2.12. The van der Waals surface area contributed by atoms with Crippen molar-refractivity contribution in [3.8, 4) is 23.1 Å². The molecule has 0 N–H and O–H groups in total. The number of hydrogen-bond acceptors (Lipinski definition) is 5. The van der Waals surface area contributed by atoms with Crippen LogP contribution >= 0.6 is 0 Å². The highest BCUT2D eigenvalue weighted by molar-refractivity contribution is 5.55. The number of nitrogens with zero attached hydrogens (tertiary/aromatic N) is 3. The van der Waals surface area contributed by atoms with E-state index in [0.717, 1.165) is 11.1 Å². The van der Waals surface area contributed by atoms with Crippen molar-refractivity contribution in [2.75, 3.05) is 0 Å². The Labute approximate surface area is 97.1 Å². The summed E-state index contributed by atoms with van der Waals surface area (Å²) >= 11 is 0. The van der Waals surface area contributed by atoms with Gasteiger partial charge in [0, 0.05) is 5.56 Å². The fraction of sp³-hybridized carbons (Fsp3) is 0.0833. The summed E-state index contributed by atoms with van der Waals surface area (Å²) in [7, 11) is 0. The van der Waals surface area contributed by atoms with Crippen molar-refractivity contribution in [2.45, 2.75) is 6.92 Å². The van der Waals surface area contributed by atoms with Gasteiger partial charge in [-0.25, -0.2) is 4.98 Å². The molecule has 0 spiro atoms. The van der Waals surface area contributed by atoms with Crippen molar-refractivity contribution in [3.05, 3.63) is 42.4 Å². The average Bonchev–Trinajstić information content (AvgIpc) is 3.00. The monoisotopic (exact) mass is 227 g/mol. The molecule has 2 aromatic heterocycles. The van der Waals surface area contributed by atoms with Gasteiger partial charge in [0.05, 0.1) is 6.20 Å². The lowest BCUT2D eigenvalue weighted by Crippen LogP contribution is -1.78. The maximum absolute atomic E-state index is 5.51. The van der Waals surface area contributed by atoms with Crippen LogP contribution in [0.4, 0.5) is 0 Å². The lowest BCUT2D eigenvalue weighted by atomic mass is 10.1. The Hall–Kier alpha value is -2.43. The van der Waals surface area contributed by atoms with Crippen molar-refractivity contribution >= 4 is 0 Å². The van der Waals surface area contributed by atoms with Gasteiger partial charge in [0.15, 0.2) is 6.39 Å². The second-order valence-corrected chi connectivity index (χ2v) is 3.65. The van der Waals surface area contributed by atoms with Gasteiger partial charge >= 0.3 is 0 Å². The Balaban J connectivity index is 2.01. The van der Waals surface area contributed by atoms with Crippen LogP contribution in [0.5, 0.6) is 0 Å². The van der Waals surface area contributed by atoms with Crippen molar-refractivity contribution in [3.63, 3.8) is 0 Å². The lowest BCUT2D eigenvalue weighted by molar-refractivity contribution is 0.519. The summed E-state index contributed by atoms with van der Waals surface area (Å²) in [5, 5.41) is 7.89. The second kappa shape index (κ2) is 3.86. The van der Waals surface area contributed by atoms with Crippen LogP contribution in [-0.4, -0.2) is 15.2 Å². The Morgan fingerprint density at radius 2 is 2.00 bits per heavy atom. The second-order valence-electron chi connectivity index (χ2n) is 3.65. The van der Waals surface area contributed by atoms with Gasteiger partial charge in [0.1, 0.15) is 0 Å². The van der Waals surface area contributed by atoms with Gasteiger partial charge < -0.3 is 8.83 Å². The molecule has 3 rings (SSSR count). The highest BCUT2D eigenvalue weighted by Crippen LogP contribution is 2.23. The smallest absolute Gasteiger partial charge is 0.285 e. The van der Waals surface area contributed by atoms with Crippen molar-refractivity contribution in [1.82, 2.24) is 15.2 Å². The average molecular weight is 227 g/mol. The molecule has 17 heavy (non-hydrogen) atoms. The fourth-order valence-corrected chi connectivity index (χ4v) is 1.54. The zero-order chi connectivity index (χ0) is 11.7. The fourth-order valence-electron chi connectivity index (χ4n) is 1.54. The minimum atomic E-state index is 0.332. The van der Waals surface area contributed by atoms with E-state index in [2.05, 4.69) is 15.2 Å². The van der Waals surface area contributed by atoms with Crippen LogP contribution in [0, 0.1) is 6.92 Å². The maximum Gasteiger partial charge on any atom is 0.285 e. The van der Waals surface area contributed by atoms with E-state index >= 15 is 0 Å². The molecule has 1 aromatic carbocycles. The molecule has 0 unspecified atom stereocenters. The zero-order valence-electron chi connectivity index (χ0n) is 9.12. The number of oxazole rings is 1. The van der Waals surface area contributed by atoms with E-state index in [-0.39, 0.29) is 0 Å². The third kappa shape index (κ3) is 1.82. The van der Waals surface area contributed by atoms with E-state index in [0.29, 0.717) is 17.5 Å². The van der Waals surface area contributed by atoms with Crippen molar-refractivity contribution in [2.24, 2.45) is 0 Å². The van der Waals surface area contributed by atoms with Gasteiger partial charge in [-0.3, -0.25) is 0 Å². The van der Waals surface area contributed by atoms with Crippen LogP contribution < -0.4 is 0 Å². The summed E-state index contributed by atoms with van der Waals surface area (Å²) < 4.78 is 10.6. The molecule has 5 heteroatoms. The summed E-state index contributed by atoms with van der Waals surface area (Å²) in [6.45, 7) is 2.01. The number of rotatable bonds is 2. The zero-order valence-corrected chi connectivity index (χ0v) is 9.12. The predicted octanol–water partition coefficient (Wildman–Crippen LogP) is 2.70. The summed E-state index contributed by atoms with van der Waals surface area (Å²) in [5.41, 5.74) is 2.03. The van der Waals surface area contributed by atoms with Gasteiger partial charge in [0.2, 0.25) is 11.7 Å². The maximum atomic E-state index is 5.51. The number of benzene rings is 1. The molecule has 0 bridgehead atoms. The van der Waals surface area contributed by atoms with Gasteiger partial charge in [-0.1, -0.05) is 17.7 Å². The number of hydrogen-bond donors (Lipinski definition) is 0. The van der Waals surface area contributed by atoms with Crippen LogP contribution in [0.15, 0.2) is 45.7 Å². The van der Waals surface area contributed by atoms with Crippen LogP contribution in [0.2, 0.25) is 0 Å². The molecule has 0 saturated heterocycles. The van der Waals surface area contributed by atoms with E-state index in [9.17, 15) is 0 Å². The Bertz CT molecular complexity index is 629. The first-order chi connectivity index (χ1) is 8.33. The molecule has 0 atom stereocenters. The molecule has 0 amide bonds. The molecule has 0 aliphatic heterocycles. The molecule has 0 aliphatic rings. The van der Waals surface area contributed by atoms with Crippen molar-refractivity contribution in [1.29, 1.82) is 0 Å². The van der Waals surface area contributed by atoms with E-state index in [1.807, 2.05) is 31.2 Å². The minimum absolute atomic E-state index is 0.332. The van der Waals surface area contributed by atoms with Crippen LogP contribution in [0.3, 0.4) is 0 Å². The molecule has 0 radical (unpaired) electrons. The van der Waals surface area contributed by atoms with Crippen LogP contribution in [0.25, 0.3) is 23.1 Å². The molecule has 0 aliphatic carbocycles. The van der Waals surface area contributed by atoms with Crippen molar-refractivity contribution < 1.29 is 8.83 Å². The largest absolute Gasteiger partial charge is 0.438 e. The predicted molar refractivity (Wildman–Crippen MR) is 60.0 cm³/mol. The molecule has 2 heterocycles. The summed E-state index contributed by atoms with van der Waals surface area (Å²) in [6, 6.07) is 7.86. The van der Waals surface area contributed by atoms with E-state index in [4.69, 9.17) is 8.83 Å².